The summed E-state index contributed by atoms with van der Waals surface area (Å²) in [4.78, 5) is 17.8. The van der Waals surface area contributed by atoms with Crippen LogP contribution in [0.15, 0.2) is 54.7 Å². The van der Waals surface area contributed by atoms with Crippen molar-refractivity contribution in [1.29, 1.82) is 0 Å². The molecule has 1 atom stereocenters. The van der Waals surface area contributed by atoms with E-state index in [-0.39, 0.29) is 11.9 Å². The van der Waals surface area contributed by atoms with Gasteiger partial charge in [0.2, 0.25) is 5.91 Å². The number of benzene rings is 2. The number of methoxy groups -OCH3 is 1. The van der Waals surface area contributed by atoms with Crippen molar-refractivity contribution < 1.29 is 9.53 Å². The number of fused-ring (bicyclic) bond motifs is 1. The summed E-state index contributed by atoms with van der Waals surface area (Å²) >= 11 is 0. The smallest absolute Gasteiger partial charge is 0.220 e. The molecule has 1 aromatic heterocycles. The van der Waals surface area contributed by atoms with Gasteiger partial charge in [0, 0.05) is 35.6 Å². The zero-order valence-electron chi connectivity index (χ0n) is 16.2. The largest absolute Gasteiger partial charge is 0.496 e. The summed E-state index contributed by atoms with van der Waals surface area (Å²) in [7, 11) is 5.69. The molecule has 1 amide bonds. The minimum absolute atomic E-state index is 0.0539. The number of ether oxygens (including phenoxy) is 1. The molecule has 5 heteroatoms. The van der Waals surface area contributed by atoms with Crippen molar-refractivity contribution in [2.45, 2.75) is 18.9 Å². The van der Waals surface area contributed by atoms with Crippen molar-refractivity contribution >= 4 is 16.8 Å². The molecule has 0 fully saturated rings. The van der Waals surface area contributed by atoms with E-state index in [0.29, 0.717) is 13.0 Å². The van der Waals surface area contributed by atoms with Gasteiger partial charge in [0.05, 0.1) is 13.2 Å². The second-order valence-corrected chi connectivity index (χ2v) is 6.88. The lowest BCUT2D eigenvalue weighted by atomic mass is 10.0. The van der Waals surface area contributed by atoms with Crippen LogP contribution in [0.4, 0.5) is 0 Å². The first-order valence-electron chi connectivity index (χ1n) is 9.21. The van der Waals surface area contributed by atoms with Crippen molar-refractivity contribution in [3.63, 3.8) is 0 Å². The molecule has 0 bridgehead atoms. The standard InChI is InChI=1S/C22H27N3O2/c1-25(2)20(18-9-5-7-11-21(18)27-3)15-24-22(26)13-12-16-14-23-19-10-6-4-8-17(16)19/h4-11,14,20,23H,12-13,15H2,1-3H3,(H,24,26). The fraction of sp³-hybridized carbons (Fsp3) is 0.318. The van der Waals surface area contributed by atoms with Crippen LogP contribution in [0.25, 0.3) is 10.9 Å². The molecule has 142 valence electrons. The van der Waals surface area contributed by atoms with Gasteiger partial charge in [0.25, 0.3) is 0 Å². The third kappa shape index (κ3) is 4.49. The number of amides is 1. The lowest BCUT2D eigenvalue weighted by molar-refractivity contribution is -0.121. The Kier molecular flexibility index (Phi) is 6.14. The van der Waals surface area contributed by atoms with Crippen LogP contribution in [0.1, 0.15) is 23.6 Å². The molecule has 0 spiro atoms. The Balaban J connectivity index is 1.60. The summed E-state index contributed by atoms with van der Waals surface area (Å²) in [6, 6.07) is 16.2. The van der Waals surface area contributed by atoms with Crippen molar-refractivity contribution in [1.82, 2.24) is 15.2 Å². The minimum Gasteiger partial charge on any atom is -0.496 e. The number of likely N-dealkylation sites (N-methyl/N-ethyl adjacent to an activating group) is 1. The third-order valence-electron chi connectivity index (χ3n) is 4.91. The van der Waals surface area contributed by atoms with Gasteiger partial charge in [-0.15, -0.1) is 0 Å². The molecule has 0 aliphatic rings. The molecule has 0 radical (unpaired) electrons. The molecule has 1 heterocycles. The second kappa shape index (κ2) is 8.73. The highest BCUT2D eigenvalue weighted by atomic mass is 16.5. The minimum atomic E-state index is 0.0539. The highest BCUT2D eigenvalue weighted by molar-refractivity contribution is 5.84. The molecule has 0 saturated heterocycles. The van der Waals surface area contributed by atoms with Crippen LogP contribution in [-0.2, 0) is 11.2 Å². The maximum Gasteiger partial charge on any atom is 0.220 e. The zero-order chi connectivity index (χ0) is 19.2. The molecule has 27 heavy (non-hydrogen) atoms. The predicted octanol–water partition coefficient (Wildman–Crippen LogP) is 3.53. The Hall–Kier alpha value is -2.79. The van der Waals surface area contributed by atoms with Crippen LogP contribution in [-0.4, -0.2) is 43.5 Å². The topological polar surface area (TPSA) is 57.4 Å². The number of aromatic amines is 1. The maximum absolute atomic E-state index is 12.4. The predicted molar refractivity (Wildman–Crippen MR) is 109 cm³/mol. The number of para-hydroxylation sites is 2. The van der Waals surface area contributed by atoms with Crippen LogP contribution in [0.3, 0.4) is 0 Å². The average molecular weight is 365 g/mol. The van der Waals surface area contributed by atoms with Gasteiger partial charge in [-0.3, -0.25) is 4.79 Å². The Labute approximate surface area is 160 Å². The van der Waals surface area contributed by atoms with Crippen LogP contribution >= 0.6 is 0 Å². The van der Waals surface area contributed by atoms with E-state index in [0.717, 1.165) is 23.3 Å². The van der Waals surface area contributed by atoms with Gasteiger partial charge in [0.1, 0.15) is 5.75 Å². The number of H-pyrrole nitrogens is 1. The lowest BCUT2D eigenvalue weighted by Gasteiger charge is -2.26. The van der Waals surface area contributed by atoms with Gasteiger partial charge in [-0.2, -0.15) is 0 Å². The number of nitrogens with zero attached hydrogens (tertiary/aromatic N) is 1. The number of nitrogens with one attached hydrogen (secondary N) is 2. The first kappa shape index (κ1) is 19.0. The number of hydrogen-bond acceptors (Lipinski definition) is 3. The molecule has 5 nitrogen and oxygen atoms in total. The van der Waals surface area contributed by atoms with Gasteiger partial charge >= 0.3 is 0 Å². The molecular weight excluding hydrogens is 338 g/mol. The van der Waals surface area contributed by atoms with Crippen molar-refractivity contribution in [3.8, 4) is 5.75 Å². The number of carbonyl (C=O) groups is 1. The number of carbonyl (C=O) groups excluding carboxylic acids is 1. The molecule has 0 aliphatic carbocycles. The zero-order valence-corrected chi connectivity index (χ0v) is 16.2. The van der Waals surface area contributed by atoms with Crippen LogP contribution in [0.2, 0.25) is 0 Å². The number of aromatic nitrogens is 1. The summed E-state index contributed by atoms with van der Waals surface area (Å²) in [6.07, 6.45) is 3.18. The first-order valence-corrected chi connectivity index (χ1v) is 9.21. The maximum atomic E-state index is 12.4. The number of rotatable bonds is 8. The summed E-state index contributed by atoms with van der Waals surface area (Å²) in [6.45, 7) is 0.542. The van der Waals surface area contributed by atoms with E-state index in [1.807, 2.05) is 62.8 Å². The van der Waals surface area contributed by atoms with Crippen molar-refractivity contribution in [3.05, 3.63) is 65.9 Å². The lowest BCUT2D eigenvalue weighted by Crippen LogP contribution is -2.34. The molecule has 0 saturated carbocycles. The van der Waals surface area contributed by atoms with Gasteiger partial charge in [-0.25, -0.2) is 0 Å². The van der Waals surface area contributed by atoms with E-state index in [2.05, 4.69) is 21.3 Å². The summed E-state index contributed by atoms with van der Waals surface area (Å²) in [5.74, 6) is 0.895. The summed E-state index contributed by atoms with van der Waals surface area (Å²) in [5.41, 5.74) is 3.35. The van der Waals surface area contributed by atoms with Gasteiger partial charge in [0.15, 0.2) is 0 Å². The van der Waals surface area contributed by atoms with E-state index >= 15 is 0 Å². The Morgan fingerprint density at radius 1 is 1.15 bits per heavy atom. The van der Waals surface area contributed by atoms with Gasteiger partial charge in [-0.05, 0) is 38.2 Å². The highest BCUT2D eigenvalue weighted by Crippen LogP contribution is 2.27. The fourth-order valence-electron chi connectivity index (χ4n) is 3.40. The molecular formula is C22H27N3O2. The normalized spacial score (nSPS) is 12.3. The Morgan fingerprint density at radius 2 is 1.89 bits per heavy atom. The Bertz CT molecular complexity index is 901. The van der Waals surface area contributed by atoms with E-state index in [9.17, 15) is 4.79 Å². The van der Waals surface area contributed by atoms with Gasteiger partial charge in [-0.1, -0.05) is 36.4 Å². The quantitative estimate of drug-likeness (QED) is 0.642. The molecule has 3 aromatic rings. The molecule has 0 aliphatic heterocycles. The van der Waals surface area contributed by atoms with Gasteiger partial charge < -0.3 is 19.9 Å². The molecule has 1 unspecified atom stereocenters. The first-order chi connectivity index (χ1) is 13.1. The fourth-order valence-corrected chi connectivity index (χ4v) is 3.40. The van der Waals surface area contributed by atoms with Crippen LogP contribution in [0.5, 0.6) is 5.75 Å². The van der Waals surface area contributed by atoms with E-state index in [1.54, 1.807) is 7.11 Å². The molecule has 3 rings (SSSR count). The summed E-state index contributed by atoms with van der Waals surface area (Å²) in [5, 5.41) is 4.26. The SMILES string of the molecule is COc1ccccc1C(CNC(=O)CCc1c[nH]c2ccccc12)N(C)C. The third-order valence-corrected chi connectivity index (χ3v) is 4.91. The monoisotopic (exact) mass is 365 g/mol. The van der Waals surface area contributed by atoms with Crippen LogP contribution in [0, 0.1) is 0 Å². The number of hydrogen-bond donors (Lipinski definition) is 2. The van der Waals surface area contributed by atoms with Crippen molar-refractivity contribution in [2.24, 2.45) is 0 Å². The van der Waals surface area contributed by atoms with Crippen molar-refractivity contribution in [2.75, 3.05) is 27.7 Å². The van der Waals surface area contributed by atoms with Crippen LogP contribution < -0.4 is 10.1 Å². The molecule has 2 N–H and O–H groups in total. The Morgan fingerprint density at radius 3 is 2.67 bits per heavy atom. The van der Waals surface area contributed by atoms with E-state index in [4.69, 9.17) is 4.74 Å². The molecule has 2 aromatic carbocycles. The number of aryl methyl sites for hydroxylation is 1. The van der Waals surface area contributed by atoms with E-state index < -0.39 is 0 Å². The summed E-state index contributed by atoms with van der Waals surface area (Å²) < 4.78 is 5.48. The second-order valence-electron chi connectivity index (χ2n) is 6.88. The van der Waals surface area contributed by atoms with E-state index in [1.165, 1.54) is 10.9 Å². The average Bonchev–Trinajstić information content (AvgIpc) is 3.10. The highest BCUT2D eigenvalue weighted by Gasteiger charge is 2.19.